The van der Waals surface area contributed by atoms with Crippen LogP contribution in [0.1, 0.15) is 29.4 Å². The van der Waals surface area contributed by atoms with Crippen molar-refractivity contribution in [3.8, 4) is 11.4 Å². The van der Waals surface area contributed by atoms with Crippen LogP contribution in [0.3, 0.4) is 0 Å². The monoisotopic (exact) mass is 345 g/mol. The Bertz CT molecular complexity index is 786. The molecule has 0 radical (unpaired) electrons. The lowest BCUT2D eigenvalue weighted by molar-refractivity contribution is 0.0934. The van der Waals surface area contributed by atoms with Gasteiger partial charge in [-0.2, -0.15) is 9.78 Å². The van der Waals surface area contributed by atoms with Crippen LogP contribution in [0, 0.1) is 6.92 Å². The van der Waals surface area contributed by atoms with Gasteiger partial charge in [0, 0.05) is 19.8 Å². The molecule has 25 heavy (non-hydrogen) atoms. The summed E-state index contributed by atoms with van der Waals surface area (Å²) in [7, 11) is 1.40. The average molecular weight is 345 g/mol. The molecule has 2 aromatic rings. The predicted octanol–water partition coefficient (Wildman–Crippen LogP) is 1.71. The maximum Gasteiger partial charge on any atom is 0.275 e. The van der Waals surface area contributed by atoms with E-state index in [9.17, 15) is 9.59 Å². The highest BCUT2D eigenvalue weighted by Gasteiger charge is 2.18. The maximum atomic E-state index is 12.4. The molecule has 1 aromatic heterocycles. The molecule has 0 aliphatic carbocycles. The Morgan fingerprint density at radius 3 is 2.76 bits per heavy atom. The number of carbonyl (C=O) groups excluding carboxylic acids is 1. The van der Waals surface area contributed by atoms with Crippen molar-refractivity contribution in [1.82, 2.24) is 15.1 Å². The quantitative estimate of drug-likeness (QED) is 0.737. The van der Waals surface area contributed by atoms with Gasteiger partial charge in [-0.1, -0.05) is 18.2 Å². The summed E-state index contributed by atoms with van der Waals surface area (Å²) in [5.41, 5.74) is 1.21. The van der Waals surface area contributed by atoms with E-state index in [1.807, 2.05) is 32.0 Å². The molecular formula is C18H23N3O4. The van der Waals surface area contributed by atoms with E-state index < -0.39 is 5.91 Å². The molecule has 0 spiro atoms. The van der Waals surface area contributed by atoms with Crippen LogP contribution in [0.5, 0.6) is 5.75 Å². The van der Waals surface area contributed by atoms with Crippen LogP contribution in [0.25, 0.3) is 5.69 Å². The maximum absolute atomic E-state index is 12.4. The first-order valence-corrected chi connectivity index (χ1v) is 8.18. The summed E-state index contributed by atoms with van der Waals surface area (Å²) in [6.45, 7) is 5.46. The summed E-state index contributed by atoms with van der Waals surface area (Å²) in [5, 5.41) is 6.99. The lowest BCUT2D eigenvalue weighted by atomic mass is 10.2. The fourth-order valence-electron chi connectivity index (χ4n) is 2.33. The first kappa shape index (κ1) is 18.7. The van der Waals surface area contributed by atoms with Crippen LogP contribution in [-0.4, -0.2) is 42.6 Å². The van der Waals surface area contributed by atoms with Gasteiger partial charge < -0.3 is 14.8 Å². The molecule has 134 valence electrons. The number of amides is 1. The third kappa shape index (κ3) is 4.67. The van der Waals surface area contributed by atoms with Gasteiger partial charge in [-0.15, -0.1) is 0 Å². The largest absolute Gasteiger partial charge is 0.494 e. The van der Waals surface area contributed by atoms with Crippen molar-refractivity contribution in [3.63, 3.8) is 0 Å². The number of carbonyl (C=O) groups is 1. The summed E-state index contributed by atoms with van der Waals surface area (Å²) in [6.07, 6.45) is 0.694. The van der Waals surface area contributed by atoms with Crippen LogP contribution in [0.2, 0.25) is 0 Å². The Morgan fingerprint density at radius 2 is 2.08 bits per heavy atom. The number of methoxy groups -OCH3 is 1. The van der Waals surface area contributed by atoms with Crippen molar-refractivity contribution >= 4 is 5.91 Å². The highest BCUT2D eigenvalue weighted by molar-refractivity contribution is 5.94. The topological polar surface area (TPSA) is 82.5 Å². The lowest BCUT2D eigenvalue weighted by Crippen LogP contribution is -2.31. The van der Waals surface area contributed by atoms with Crippen molar-refractivity contribution in [2.75, 3.05) is 26.9 Å². The molecule has 0 aliphatic rings. The van der Waals surface area contributed by atoms with Crippen molar-refractivity contribution in [2.24, 2.45) is 0 Å². The van der Waals surface area contributed by atoms with Crippen LogP contribution >= 0.6 is 0 Å². The van der Waals surface area contributed by atoms with Gasteiger partial charge in [0.2, 0.25) is 0 Å². The molecule has 0 unspecified atom stereocenters. The smallest absolute Gasteiger partial charge is 0.275 e. The van der Waals surface area contributed by atoms with E-state index in [1.54, 1.807) is 6.07 Å². The standard InChI is InChI=1S/C18H23N3O4/c1-4-25-11-7-10-19-18(23)17-15(24-3)12-16(22)21(20-17)14-9-6-5-8-13(14)2/h5-6,8-9,12H,4,7,10-11H2,1-3H3,(H,19,23). The lowest BCUT2D eigenvalue weighted by Gasteiger charge is -2.12. The Hall–Kier alpha value is -2.67. The molecule has 1 aromatic carbocycles. The zero-order valence-corrected chi connectivity index (χ0v) is 14.7. The second-order valence-electron chi connectivity index (χ2n) is 5.40. The van der Waals surface area contributed by atoms with E-state index in [2.05, 4.69) is 10.4 Å². The third-order valence-electron chi connectivity index (χ3n) is 3.63. The Morgan fingerprint density at radius 1 is 1.32 bits per heavy atom. The molecule has 0 fully saturated rings. The van der Waals surface area contributed by atoms with E-state index in [4.69, 9.17) is 9.47 Å². The number of ether oxygens (including phenoxy) is 2. The number of nitrogens with one attached hydrogen (secondary N) is 1. The zero-order chi connectivity index (χ0) is 18.2. The molecule has 0 atom stereocenters. The van der Waals surface area contributed by atoms with Crippen molar-refractivity contribution in [3.05, 3.63) is 51.9 Å². The first-order valence-electron chi connectivity index (χ1n) is 8.18. The van der Waals surface area contributed by atoms with Gasteiger partial charge >= 0.3 is 0 Å². The molecule has 0 bridgehead atoms. The second kappa shape index (κ2) is 8.98. The van der Waals surface area contributed by atoms with Crippen molar-refractivity contribution in [1.29, 1.82) is 0 Å². The minimum absolute atomic E-state index is 0.0711. The van der Waals surface area contributed by atoms with Gasteiger partial charge in [0.1, 0.15) is 0 Å². The number of hydrogen-bond acceptors (Lipinski definition) is 5. The van der Waals surface area contributed by atoms with E-state index in [1.165, 1.54) is 17.9 Å². The van der Waals surface area contributed by atoms with E-state index in [0.29, 0.717) is 31.9 Å². The Labute approximate surface area is 146 Å². The van der Waals surface area contributed by atoms with Crippen molar-refractivity contribution < 1.29 is 14.3 Å². The zero-order valence-electron chi connectivity index (χ0n) is 14.7. The number of aryl methyl sites for hydroxylation is 1. The minimum Gasteiger partial charge on any atom is -0.494 e. The SMILES string of the molecule is CCOCCCNC(=O)c1nn(-c2ccccc2C)c(=O)cc1OC. The molecule has 2 rings (SSSR count). The average Bonchev–Trinajstić information content (AvgIpc) is 2.61. The normalized spacial score (nSPS) is 10.5. The molecule has 7 nitrogen and oxygen atoms in total. The van der Waals surface area contributed by atoms with Crippen LogP contribution in [0.4, 0.5) is 0 Å². The Kier molecular flexibility index (Phi) is 6.71. The van der Waals surface area contributed by atoms with Crippen molar-refractivity contribution in [2.45, 2.75) is 20.3 Å². The van der Waals surface area contributed by atoms with E-state index in [0.717, 1.165) is 5.56 Å². The fraction of sp³-hybridized carbons (Fsp3) is 0.389. The number of para-hydroxylation sites is 1. The van der Waals surface area contributed by atoms with Gasteiger partial charge in [-0.05, 0) is 31.9 Å². The molecule has 0 saturated heterocycles. The molecule has 1 N–H and O–H groups in total. The Balaban J connectivity index is 2.28. The van der Waals surface area contributed by atoms with Gasteiger partial charge in [0.15, 0.2) is 11.4 Å². The third-order valence-corrected chi connectivity index (χ3v) is 3.63. The van der Waals surface area contributed by atoms with Crippen LogP contribution in [0.15, 0.2) is 35.1 Å². The molecule has 0 aliphatic heterocycles. The fourth-order valence-corrected chi connectivity index (χ4v) is 2.33. The van der Waals surface area contributed by atoms with E-state index >= 15 is 0 Å². The highest BCUT2D eigenvalue weighted by atomic mass is 16.5. The van der Waals surface area contributed by atoms with Gasteiger partial charge in [-0.25, -0.2) is 0 Å². The molecule has 7 heteroatoms. The van der Waals surface area contributed by atoms with Gasteiger partial charge in [-0.3, -0.25) is 9.59 Å². The summed E-state index contributed by atoms with van der Waals surface area (Å²) in [5.74, 6) is -0.243. The number of hydrogen-bond donors (Lipinski definition) is 1. The number of aromatic nitrogens is 2. The van der Waals surface area contributed by atoms with Crippen LogP contribution in [-0.2, 0) is 4.74 Å². The number of rotatable bonds is 8. The highest BCUT2D eigenvalue weighted by Crippen LogP contribution is 2.16. The molecule has 0 saturated carbocycles. The second-order valence-corrected chi connectivity index (χ2v) is 5.40. The molecule has 1 heterocycles. The predicted molar refractivity (Wildman–Crippen MR) is 94.6 cm³/mol. The van der Waals surface area contributed by atoms with Gasteiger partial charge in [0.05, 0.1) is 18.9 Å². The molecular weight excluding hydrogens is 322 g/mol. The summed E-state index contributed by atoms with van der Waals surface area (Å²) >= 11 is 0. The first-order chi connectivity index (χ1) is 12.1. The van der Waals surface area contributed by atoms with Gasteiger partial charge in [0.25, 0.3) is 11.5 Å². The minimum atomic E-state index is -0.393. The van der Waals surface area contributed by atoms with Crippen LogP contribution < -0.4 is 15.6 Å². The number of benzene rings is 1. The number of nitrogens with zero attached hydrogens (tertiary/aromatic N) is 2. The van der Waals surface area contributed by atoms with E-state index in [-0.39, 0.29) is 17.0 Å². The molecule has 1 amide bonds. The summed E-state index contributed by atoms with van der Waals surface area (Å²) in [6, 6.07) is 8.61. The summed E-state index contributed by atoms with van der Waals surface area (Å²) in [4.78, 5) is 24.8. The summed E-state index contributed by atoms with van der Waals surface area (Å²) < 4.78 is 11.6.